The van der Waals surface area contributed by atoms with Gasteiger partial charge >= 0.3 is 0 Å². The fourth-order valence-electron chi connectivity index (χ4n) is 2.65. The fraction of sp³-hybridized carbons (Fsp3) is 0.227. The molecule has 30 heavy (non-hydrogen) atoms. The smallest absolute Gasteiger partial charge is 0.276 e. The van der Waals surface area contributed by atoms with E-state index in [9.17, 15) is 9.59 Å². The van der Waals surface area contributed by atoms with E-state index in [1.165, 1.54) is 0 Å². The fourth-order valence-corrected chi connectivity index (χ4v) is 2.65. The molecule has 0 aliphatic heterocycles. The number of aryl methyl sites for hydroxylation is 3. The zero-order chi connectivity index (χ0) is 21.5. The van der Waals surface area contributed by atoms with Crippen molar-refractivity contribution in [2.75, 3.05) is 6.61 Å². The summed E-state index contributed by atoms with van der Waals surface area (Å²) in [5.41, 5.74) is 7.76. The van der Waals surface area contributed by atoms with Crippen LogP contribution in [0.4, 0.5) is 0 Å². The molecule has 3 aromatic rings. The Bertz CT molecular complexity index is 1010. The van der Waals surface area contributed by atoms with Crippen LogP contribution < -0.4 is 20.3 Å². The minimum Gasteiger partial charge on any atom is -0.489 e. The molecule has 0 spiro atoms. The Balaban J connectivity index is 1.44. The van der Waals surface area contributed by atoms with E-state index in [1.54, 1.807) is 30.3 Å². The van der Waals surface area contributed by atoms with Crippen LogP contribution in [-0.2, 0) is 11.4 Å². The van der Waals surface area contributed by atoms with Gasteiger partial charge in [-0.05, 0) is 62.7 Å². The molecule has 8 heteroatoms. The van der Waals surface area contributed by atoms with Crippen molar-refractivity contribution in [2.45, 2.75) is 27.4 Å². The molecule has 0 aliphatic rings. The lowest BCUT2D eigenvalue weighted by Gasteiger charge is -2.10. The third-order valence-electron chi connectivity index (χ3n) is 4.36. The molecule has 0 saturated heterocycles. The van der Waals surface area contributed by atoms with Crippen LogP contribution in [-0.4, -0.2) is 23.6 Å². The van der Waals surface area contributed by atoms with E-state index in [2.05, 4.69) is 16.0 Å². The van der Waals surface area contributed by atoms with Gasteiger partial charge in [0.1, 0.15) is 23.9 Å². The first-order chi connectivity index (χ1) is 14.4. The van der Waals surface area contributed by atoms with Crippen molar-refractivity contribution in [2.24, 2.45) is 0 Å². The molecule has 1 aromatic heterocycles. The number of rotatable bonds is 7. The lowest BCUT2D eigenvalue weighted by molar-refractivity contribution is -0.123. The Morgan fingerprint density at radius 3 is 2.40 bits per heavy atom. The maximum Gasteiger partial charge on any atom is 0.276 e. The van der Waals surface area contributed by atoms with Gasteiger partial charge in [0.25, 0.3) is 11.8 Å². The normalized spacial score (nSPS) is 10.4. The van der Waals surface area contributed by atoms with Crippen molar-refractivity contribution in [3.05, 3.63) is 76.7 Å². The summed E-state index contributed by atoms with van der Waals surface area (Å²) in [4.78, 5) is 24.0. The third kappa shape index (κ3) is 5.60. The van der Waals surface area contributed by atoms with Gasteiger partial charge in [0.15, 0.2) is 6.61 Å². The Kier molecular flexibility index (Phi) is 6.69. The number of hydrogen-bond acceptors (Lipinski definition) is 6. The van der Waals surface area contributed by atoms with Crippen LogP contribution in [0.25, 0.3) is 0 Å². The predicted molar refractivity (Wildman–Crippen MR) is 109 cm³/mol. The van der Waals surface area contributed by atoms with Crippen molar-refractivity contribution < 1.29 is 23.6 Å². The number of carbonyl (C=O) groups is 2. The number of carbonyl (C=O) groups excluding carboxylic acids is 2. The highest BCUT2D eigenvalue weighted by Gasteiger charge is 2.11. The minimum absolute atomic E-state index is 0.210. The largest absolute Gasteiger partial charge is 0.489 e. The van der Waals surface area contributed by atoms with Crippen LogP contribution in [0, 0.1) is 20.8 Å². The van der Waals surface area contributed by atoms with Gasteiger partial charge in [-0.15, -0.1) is 0 Å². The van der Waals surface area contributed by atoms with Gasteiger partial charge in [0.2, 0.25) is 0 Å². The number of nitrogens with one attached hydrogen (secondary N) is 2. The van der Waals surface area contributed by atoms with Gasteiger partial charge in [-0.1, -0.05) is 17.3 Å². The summed E-state index contributed by atoms with van der Waals surface area (Å²) in [6, 6.07) is 13.9. The topological polar surface area (TPSA) is 103 Å². The van der Waals surface area contributed by atoms with Crippen LogP contribution in [0.3, 0.4) is 0 Å². The average molecular weight is 409 g/mol. The highest BCUT2D eigenvalue weighted by Crippen LogP contribution is 2.18. The summed E-state index contributed by atoms with van der Waals surface area (Å²) < 4.78 is 16.2. The van der Waals surface area contributed by atoms with Crippen molar-refractivity contribution in [3.8, 4) is 11.5 Å². The van der Waals surface area contributed by atoms with E-state index in [1.807, 2.05) is 39.0 Å². The molecule has 0 aliphatic carbocycles. The van der Waals surface area contributed by atoms with Crippen molar-refractivity contribution >= 4 is 11.8 Å². The molecular formula is C22H23N3O5. The first kappa shape index (κ1) is 20.9. The Morgan fingerprint density at radius 1 is 0.967 bits per heavy atom. The molecule has 1 heterocycles. The number of amides is 2. The zero-order valence-electron chi connectivity index (χ0n) is 17.0. The van der Waals surface area contributed by atoms with E-state index >= 15 is 0 Å². The zero-order valence-corrected chi connectivity index (χ0v) is 17.0. The summed E-state index contributed by atoms with van der Waals surface area (Å²) in [6.45, 7) is 5.72. The lowest BCUT2D eigenvalue weighted by Crippen LogP contribution is -2.43. The van der Waals surface area contributed by atoms with E-state index in [-0.39, 0.29) is 6.61 Å². The molecule has 0 unspecified atom stereocenters. The maximum atomic E-state index is 12.2. The number of benzene rings is 2. The van der Waals surface area contributed by atoms with Crippen LogP contribution >= 0.6 is 0 Å². The maximum absolute atomic E-state index is 12.2. The minimum atomic E-state index is -0.468. The molecular weight excluding hydrogens is 386 g/mol. The van der Waals surface area contributed by atoms with Gasteiger partial charge in [0, 0.05) is 5.56 Å². The summed E-state index contributed by atoms with van der Waals surface area (Å²) in [7, 11) is 0. The average Bonchev–Trinajstić information content (AvgIpc) is 3.06. The van der Waals surface area contributed by atoms with Gasteiger partial charge in [-0.25, -0.2) is 0 Å². The number of hydrogen-bond donors (Lipinski definition) is 2. The van der Waals surface area contributed by atoms with Crippen LogP contribution in [0.15, 0.2) is 53.1 Å². The quantitative estimate of drug-likeness (QED) is 0.582. The number of nitrogens with zero attached hydrogens (tertiary/aromatic N) is 1. The van der Waals surface area contributed by atoms with E-state index in [0.717, 1.165) is 16.8 Å². The SMILES string of the molecule is Cc1cccc(OCC(=O)NNC(=O)c2ccc(OCc3c(C)noc3C)cc2)c1. The van der Waals surface area contributed by atoms with Crippen LogP contribution in [0.1, 0.15) is 32.9 Å². The standard InChI is InChI=1S/C22H23N3O5/c1-14-5-4-6-19(11-14)29-13-21(26)23-24-22(27)17-7-9-18(10-8-17)28-12-20-15(2)25-30-16(20)3/h4-11H,12-13H2,1-3H3,(H,23,26)(H,24,27). The number of ether oxygens (including phenoxy) is 2. The first-order valence-corrected chi connectivity index (χ1v) is 9.35. The van der Waals surface area contributed by atoms with Crippen molar-refractivity contribution in [1.29, 1.82) is 0 Å². The third-order valence-corrected chi connectivity index (χ3v) is 4.36. The number of aromatic nitrogens is 1. The molecule has 0 atom stereocenters. The lowest BCUT2D eigenvalue weighted by atomic mass is 10.2. The Morgan fingerprint density at radius 2 is 1.73 bits per heavy atom. The first-order valence-electron chi connectivity index (χ1n) is 9.35. The number of hydrazine groups is 1. The summed E-state index contributed by atoms with van der Waals surface area (Å²) in [6.07, 6.45) is 0. The second-order valence-corrected chi connectivity index (χ2v) is 6.72. The molecule has 2 N–H and O–H groups in total. The summed E-state index contributed by atoms with van der Waals surface area (Å²) in [5.74, 6) is 0.983. The van der Waals surface area contributed by atoms with Gasteiger partial charge < -0.3 is 14.0 Å². The van der Waals surface area contributed by atoms with Gasteiger partial charge in [-0.2, -0.15) is 0 Å². The Hall–Kier alpha value is -3.81. The molecule has 0 radical (unpaired) electrons. The second-order valence-electron chi connectivity index (χ2n) is 6.72. The van der Waals surface area contributed by atoms with E-state index < -0.39 is 11.8 Å². The molecule has 0 fully saturated rings. The highest BCUT2D eigenvalue weighted by atomic mass is 16.5. The summed E-state index contributed by atoms with van der Waals surface area (Å²) in [5, 5.41) is 3.88. The molecule has 2 aromatic carbocycles. The van der Waals surface area contributed by atoms with Gasteiger partial charge in [0.05, 0.1) is 11.3 Å². The van der Waals surface area contributed by atoms with Gasteiger partial charge in [-0.3, -0.25) is 20.4 Å². The molecule has 0 saturated carbocycles. The highest BCUT2D eigenvalue weighted by molar-refractivity contribution is 5.95. The van der Waals surface area contributed by atoms with Crippen molar-refractivity contribution in [3.63, 3.8) is 0 Å². The van der Waals surface area contributed by atoms with E-state index in [4.69, 9.17) is 14.0 Å². The van der Waals surface area contributed by atoms with Crippen LogP contribution in [0.2, 0.25) is 0 Å². The monoisotopic (exact) mass is 409 g/mol. The van der Waals surface area contributed by atoms with Crippen LogP contribution in [0.5, 0.6) is 11.5 Å². The van der Waals surface area contributed by atoms with Crippen molar-refractivity contribution in [1.82, 2.24) is 16.0 Å². The molecule has 2 amide bonds. The second kappa shape index (κ2) is 9.60. The van der Waals surface area contributed by atoms with E-state index in [0.29, 0.717) is 29.4 Å². The summed E-state index contributed by atoms with van der Waals surface area (Å²) >= 11 is 0. The Labute approximate surface area is 174 Å². The molecule has 3 rings (SSSR count). The predicted octanol–water partition coefficient (Wildman–Crippen LogP) is 3.02. The molecule has 8 nitrogen and oxygen atoms in total. The molecule has 156 valence electrons. The molecule has 0 bridgehead atoms.